The van der Waals surface area contributed by atoms with Gasteiger partial charge in [0.1, 0.15) is 6.61 Å². The highest BCUT2D eigenvalue weighted by Crippen LogP contribution is 2.39. The van der Waals surface area contributed by atoms with Gasteiger partial charge in [0.05, 0.1) is 12.6 Å². The molecule has 0 aromatic heterocycles. The first-order valence-electron chi connectivity index (χ1n) is 14.2. The molecule has 0 bridgehead atoms. The number of methoxy groups -OCH3 is 1. The fourth-order valence-corrected chi connectivity index (χ4v) is 6.69. The van der Waals surface area contributed by atoms with Gasteiger partial charge in [-0.1, -0.05) is 44.2 Å². The number of aliphatic imine (C=N–C) groups is 1. The lowest BCUT2D eigenvalue weighted by molar-refractivity contribution is 0.0715. The van der Waals surface area contributed by atoms with Crippen molar-refractivity contribution < 1.29 is 9.47 Å². The lowest BCUT2D eigenvalue weighted by Gasteiger charge is -2.33. The zero-order valence-electron chi connectivity index (χ0n) is 23.2. The number of nitrogens with zero attached hydrogens (tertiary/aromatic N) is 3. The first kappa shape index (κ1) is 25.8. The standard InChI is InChI=1S/C32H43N3O2/c1-5-11-29(37-23-32-17-9-19-35(32)20-10-18-32)33-31(36-4)27-16-21-34(22-24(27)3)28-15-8-14-26-13-7-12-25(6-2)30(26)28/h7-8,11-15H,5-6,9-10,16-23H2,1-4H3/b29-11-,33-31+. The number of hydrogen-bond donors (Lipinski definition) is 0. The Balaban J connectivity index is 1.36. The third kappa shape index (κ3) is 5.16. The highest BCUT2D eigenvalue weighted by atomic mass is 16.5. The molecule has 0 N–H and O–H groups in total. The molecule has 2 aromatic rings. The number of ether oxygens (including phenoxy) is 2. The average Bonchev–Trinajstić information content (AvgIpc) is 3.50. The van der Waals surface area contributed by atoms with Crippen LogP contribution in [-0.4, -0.2) is 56.2 Å². The molecule has 3 heterocycles. The minimum Gasteiger partial charge on any atom is -0.481 e. The molecule has 0 radical (unpaired) electrons. The first-order valence-corrected chi connectivity index (χ1v) is 14.2. The molecule has 2 aromatic carbocycles. The Kier molecular flexibility index (Phi) is 7.89. The Morgan fingerprint density at radius 1 is 1.05 bits per heavy atom. The van der Waals surface area contributed by atoms with E-state index in [1.54, 1.807) is 7.11 Å². The zero-order chi connectivity index (χ0) is 25.8. The van der Waals surface area contributed by atoms with Gasteiger partial charge in [-0.15, -0.1) is 0 Å². The van der Waals surface area contributed by atoms with Crippen molar-refractivity contribution in [3.05, 3.63) is 65.1 Å². The number of hydrogen-bond acceptors (Lipinski definition) is 5. The Morgan fingerprint density at radius 3 is 2.49 bits per heavy atom. The normalized spacial score (nSPS) is 20.6. The summed E-state index contributed by atoms with van der Waals surface area (Å²) in [6.45, 7) is 11.6. The van der Waals surface area contributed by atoms with Gasteiger partial charge >= 0.3 is 0 Å². The Bertz CT molecular complexity index is 1200. The van der Waals surface area contributed by atoms with E-state index < -0.39 is 0 Å². The number of anilines is 1. The molecule has 0 unspecified atom stereocenters. The molecule has 3 aliphatic rings. The second-order valence-electron chi connectivity index (χ2n) is 10.9. The van der Waals surface area contributed by atoms with Gasteiger partial charge in [0.25, 0.3) is 0 Å². The highest BCUT2D eigenvalue weighted by molar-refractivity contribution is 5.98. The molecule has 0 aliphatic carbocycles. The van der Waals surface area contributed by atoms with Crippen LogP contribution >= 0.6 is 0 Å². The third-order valence-electron chi connectivity index (χ3n) is 8.61. The smallest absolute Gasteiger partial charge is 0.219 e. The highest BCUT2D eigenvalue weighted by Gasteiger charge is 2.45. The lowest BCUT2D eigenvalue weighted by Crippen LogP contribution is -2.42. The fourth-order valence-electron chi connectivity index (χ4n) is 6.69. The van der Waals surface area contributed by atoms with E-state index in [1.807, 2.05) is 0 Å². The van der Waals surface area contributed by atoms with Gasteiger partial charge in [0.15, 0.2) is 0 Å². The van der Waals surface area contributed by atoms with Crippen LogP contribution in [0.4, 0.5) is 5.69 Å². The summed E-state index contributed by atoms with van der Waals surface area (Å²) < 4.78 is 12.3. The Morgan fingerprint density at radius 2 is 1.81 bits per heavy atom. The molecule has 5 rings (SSSR count). The predicted molar refractivity (Wildman–Crippen MR) is 154 cm³/mol. The molecule has 0 atom stereocenters. The van der Waals surface area contributed by atoms with Gasteiger partial charge in [-0.25, -0.2) is 0 Å². The van der Waals surface area contributed by atoms with Crippen LogP contribution in [0.3, 0.4) is 0 Å². The summed E-state index contributed by atoms with van der Waals surface area (Å²) in [4.78, 5) is 10.1. The van der Waals surface area contributed by atoms with Crippen molar-refractivity contribution in [2.24, 2.45) is 4.99 Å². The molecule has 0 spiro atoms. The van der Waals surface area contributed by atoms with E-state index in [9.17, 15) is 0 Å². The minimum absolute atomic E-state index is 0.214. The third-order valence-corrected chi connectivity index (χ3v) is 8.61. The topological polar surface area (TPSA) is 37.3 Å². The molecule has 5 heteroatoms. The van der Waals surface area contributed by atoms with Crippen LogP contribution in [0.25, 0.3) is 10.8 Å². The van der Waals surface area contributed by atoms with Crippen molar-refractivity contribution in [2.45, 2.75) is 71.3 Å². The molecule has 37 heavy (non-hydrogen) atoms. The molecule has 0 amide bonds. The van der Waals surface area contributed by atoms with Crippen molar-refractivity contribution in [1.82, 2.24) is 4.90 Å². The van der Waals surface area contributed by atoms with Gasteiger partial charge in [0.2, 0.25) is 11.8 Å². The van der Waals surface area contributed by atoms with Crippen molar-refractivity contribution in [1.29, 1.82) is 0 Å². The maximum Gasteiger partial charge on any atom is 0.219 e. The van der Waals surface area contributed by atoms with Gasteiger partial charge in [0, 0.05) is 29.7 Å². The monoisotopic (exact) mass is 501 g/mol. The van der Waals surface area contributed by atoms with Crippen LogP contribution in [0.2, 0.25) is 0 Å². The lowest BCUT2D eigenvalue weighted by atomic mass is 9.95. The molecular formula is C32H43N3O2. The molecular weight excluding hydrogens is 458 g/mol. The SMILES string of the molecule is CC/C=C(/N=C(/OC)C1=C(C)CN(c2cccc3cccc(CC)c23)CC1)OCC12CCCN1CCC2. The van der Waals surface area contributed by atoms with Crippen LogP contribution < -0.4 is 4.90 Å². The Hall–Kier alpha value is -2.79. The first-order chi connectivity index (χ1) is 18.1. The van der Waals surface area contributed by atoms with Crippen LogP contribution in [-0.2, 0) is 15.9 Å². The maximum absolute atomic E-state index is 6.41. The quantitative estimate of drug-likeness (QED) is 0.225. The second-order valence-corrected chi connectivity index (χ2v) is 10.9. The molecule has 0 saturated carbocycles. The van der Waals surface area contributed by atoms with E-state index in [0.717, 1.165) is 39.0 Å². The van der Waals surface area contributed by atoms with Crippen LogP contribution in [0.15, 0.2) is 64.5 Å². The largest absolute Gasteiger partial charge is 0.481 e. The van der Waals surface area contributed by atoms with Crippen molar-refractivity contribution in [2.75, 3.05) is 44.8 Å². The summed E-state index contributed by atoms with van der Waals surface area (Å²) in [5.74, 6) is 1.41. The fraction of sp³-hybridized carbons (Fsp3) is 0.531. The summed E-state index contributed by atoms with van der Waals surface area (Å²) in [5, 5.41) is 2.70. The molecule has 198 valence electrons. The summed E-state index contributed by atoms with van der Waals surface area (Å²) in [7, 11) is 1.74. The molecule has 5 nitrogen and oxygen atoms in total. The van der Waals surface area contributed by atoms with Crippen LogP contribution in [0, 0.1) is 0 Å². The van der Waals surface area contributed by atoms with Gasteiger partial charge < -0.3 is 14.4 Å². The number of fused-ring (bicyclic) bond motifs is 2. The van der Waals surface area contributed by atoms with E-state index in [0.29, 0.717) is 11.8 Å². The van der Waals surface area contributed by atoms with E-state index in [4.69, 9.17) is 14.5 Å². The number of benzene rings is 2. The van der Waals surface area contributed by atoms with Crippen molar-refractivity contribution in [3.63, 3.8) is 0 Å². The summed E-state index contributed by atoms with van der Waals surface area (Å²) >= 11 is 0. The average molecular weight is 502 g/mol. The summed E-state index contributed by atoms with van der Waals surface area (Å²) in [6, 6.07) is 13.3. The maximum atomic E-state index is 6.41. The number of rotatable bonds is 8. The minimum atomic E-state index is 0.214. The van der Waals surface area contributed by atoms with Gasteiger partial charge in [-0.3, -0.25) is 4.90 Å². The van der Waals surface area contributed by atoms with E-state index in [2.05, 4.69) is 73.0 Å². The van der Waals surface area contributed by atoms with E-state index in [1.165, 1.54) is 71.9 Å². The van der Waals surface area contributed by atoms with Gasteiger partial charge in [-0.05, 0) is 93.6 Å². The molecule has 3 aliphatic heterocycles. The van der Waals surface area contributed by atoms with Crippen LogP contribution in [0.1, 0.15) is 64.9 Å². The number of aryl methyl sites for hydroxylation is 1. The van der Waals surface area contributed by atoms with Crippen LogP contribution in [0.5, 0.6) is 0 Å². The molecule has 2 fully saturated rings. The summed E-state index contributed by atoms with van der Waals surface area (Å²) in [5.41, 5.74) is 5.48. The predicted octanol–water partition coefficient (Wildman–Crippen LogP) is 6.87. The van der Waals surface area contributed by atoms with Crippen molar-refractivity contribution >= 4 is 22.4 Å². The number of allylic oxidation sites excluding steroid dienone is 1. The zero-order valence-corrected chi connectivity index (χ0v) is 23.2. The molecule has 2 saturated heterocycles. The summed E-state index contributed by atoms with van der Waals surface area (Å²) in [6.07, 6.45) is 9.96. The van der Waals surface area contributed by atoms with E-state index >= 15 is 0 Å². The second kappa shape index (κ2) is 11.3. The van der Waals surface area contributed by atoms with E-state index in [-0.39, 0.29) is 5.54 Å². The van der Waals surface area contributed by atoms with Gasteiger partial charge in [-0.2, -0.15) is 4.99 Å². The van der Waals surface area contributed by atoms with Crippen molar-refractivity contribution in [3.8, 4) is 0 Å². The Labute approximate surface area is 222 Å².